The summed E-state index contributed by atoms with van der Waals surface area (Å²) >= 11 is 0. The van der Waals surface area contributed by atoms with Crippen molar-refractivity contribution in [2.24, 2.45) is 0 Å². The molecule has 122 valence electrons. The highest BCUT2D eigenvalue weighted by atomic mass is 16.5. The molecule has 2 amide bonds. The number of ether oxygens (including phenoxy) is 1. The molecule has 0 aliphatic carbocycles. The van der Waals surface area contributed by atoms with Crippen LogP contribution in [0.5, 0.6) is 5.75 Å². The summed E-state index contributed by atoms with van der Waals surface area (Å²) in [7, 11) is 0. The van der Waals surface area contributed by atoms with Crippen molar-refractivity contribution >= 4 is 17.9 Å². The summed E-state index contributed by atoms with van der Waals surface area (Å²) in [6.45, 7) is 5.41. The van der Waals surface area contributed by atoms with Gasteiger partial charge in [-0.15, -0.1) is 0 Å². The van der Waals surface area contributed by atoms with Gasteiger partial charge in [0.15, 0.2) is 0 Å². The van der Waals surface area contributed by atoms with Gasteiger partial charge in [-0.2, -0.15) is 0 Å². The number of imide groups is 1. The van der Waals surface area contributed by atoms with Gasteiger partial charge in [-0.3, -0.25) is 19.9 Å². The molecule has 1 aromatic heterocycles. The Morgan fingerprint density at radius 3 is 2.62 bits per heavy atom. The van der Waals surface area contributed by atoms with Crippen LogP contribution in [0.4, 0.5) is 0 Å². The highest BCUT2D eigenvalue weighted by molar-refractivity contribution is 6.08. The van der Waals surface area contributed by atoms with Crippen molar-refractivity contribution in [1.82, 2.24) is 10.3 Å². The zero-order valence-electron chi connectivity index (χ0n) is 13.4. The first-order valence-electron chi connectivity index (χ1n) is 7.36. The van der Waals surface area contributed by atoms with Crippen molar-refractivity contribution < 1.29 is 14.3 Å². The molecule has 0 fully saturated rings. The molecule has 0 atom stereocenters. The molecule has 1 heterocycles. The summed E-state index contributed by atoms with van der Waals surface area (Å²) in [4.78, 5) is 27.1. The number of nitrogens with zero attached hydrogens (tertiary/aromatic N) is 1. The van der Waals surface area contributed by atoms with Crippen LogP contribution in [-0.4, -0.2) is 16.8 Å². The number of rotatable bonds is 6. The first kappa shape index (κ1) is 17.1. The highest BCUT2D eigenvalue weighted by Crippen LogP contribution is 2.20. The Hall–Kier alpha value is -3.21. The largest absolute Gasteiger partial charge is 0.488 e. The number of amides is 2. The number of pyridine rings is 1. The van der Waals surface area contributed by atoms with Crippen LogP contribution in [0, 0.1) is 0 Å². The quantitative estimate of drug-likeness (QED) is 0.830. The summed E-state index contributed by atoms with van der Waals surface area (Å²) in [6.07, 6.45) is 6.29. The Labute approximate surface area is 140 Å². The van der Waals surface area contributed by atoms with Crippen LogP contribution in [0.3, 0.4) is 0 Å². The molecule has 2 aromatic rings. The second-order valence-corrected chi connectivity index (χ2v) is 5.11. The molecule has 1 aromatic carbocycles. The summed E-state index contributed by atoms with van der Waals surface area (Å²) in [5.74, 6) is -0.358. The molecule has 0 radical (unpaired) electrons. The lowest BCUT2D eigenvalue weighted by Gasteiger charge is -2.09. The van der Waals surface area contributed by atoms with Crippen molar-refractivity contribution in [1.29, 1.82) is 0 Å². The molecule has 1 N–H and O–H groups in total. The first-order valence-corrected chi connectivity index (χ1v) is 7.36. The predicted molar refractivity (Wildman–Crippen MR) is 92.0 cm³/mol. The molecule has 24 heavy (non-hydrogen) atoms. The molecule has 0 aliphatic heterocycles. The van der Waals surface area contributed by atoms with Crippen molar-refractivity contribution in [3.05, 3.63) is 78.1 Å². The maximum absolute atomic E-state index is 11.7. The van der Waals surface area contributed by atoms with Crippen LogP contribution < -0.4 is 10.1 Å². The average Bonchev–Trinajstić information content (AvgIpc) is 2.59. The van der Waals surface area contributed by atoms with Gasteiger partial charge in [0.2, 0.25) is 0 Å². The van der Waals surface area contributed by atoms with Gasteiger partial charge in [-0.25, -0.2) is 0 Å². The summed E-state index contributed by atoms with van der Waals surface area (Å²) < 4.78 is 5.78. The van der Waals surface area contributed by atoms with Gasteiger partial charge in [0.1, 0.15) is 12.4 Å². The Kier molecular flexibility index (Phi) is 6.02. The number of hydrogen-bond donors (Lipinski definition) is 1. The predicted octanol–water partition coefficient (Wildman–Crippen LogP) is 2.89. The number of carbonyl (C=O) groups excluding carboxylic acids is 2. The summed E-state index contributed by atoms with van der Waals surface area (Å²) in [5, 5.41) is 2.21. The monoisotopic (exact) mass is 322 g/mol. The fourth-order valence-corrected chi connectivity index (χ4v) is 1.82. The summed E-state index contributed by atoms with van der Waals surface area (Å²) in [5.41, 5.74) is 2.01. The number of para-hydroxylation sites is 1. The fourth-order valence-electron chi connectivity index (χ4n) is 1.82. The van der Waals surface area contributed by atoms with Crippen molar-refractivity contribution in [2.75, 3.05) is 0 Å². The molecule has 5 heteroatoms. The SMILES string of the molecule is C=C(C)C(=O)NC(=O)/C=C/c1ccccc1OCc1ccncc1. The number of aromatic nitrogens is 1. The Morgan fingerprint density at radius 1 is 1.21 bits per heavy atom. The Balaban J connectivity index is 2.03. The van der Waals surface area contributed by atoms with Crippen LogP contribution >= 0.6 is 0 Å². The molecular formula is C19H18N2O3. The standard InChI is InChI=1S/C19H18N2O3/c1-14(2)19(23)21-18(22)8-7-16-5-3-4-6-17(16)24-13-15-9-11-20-12-10-15/h3-12H,1,13H2,2H3,(H,21,22,23)/b8-7+. The zero-order valence-corrected chi connectivity index (χ0v) is 13.4. The van der Waals surface area contributed by atoms with Crippen LogP contribution in [0.15, 0.2) is 67.0 Å². The topological polar surface area (TPSA) is 68.3 Å². The second-order valence-electron chi connectivity index (χ2n) is 5.11. The zero-order chi connectivity index (χ0) is 17.4. The van der Waals surface area contributed by atoms with E-state index in [4.69, 9.17) is 4.74 Å². The van der Waals surface area contributed by atoms with Crippen molar-refractivity contribution in [2.45, 2.75) is 13.5 Å². The molecule has 0 unspecified atom stereocenters. The van der Waals surface area contributed by atoms with E-state index < -0.39 is 11.8 Å². The Morgan fingerprint density at radius 2 is 1.92 bits per heavy atom. The molecule has 0 saturated carbocycles. The van der Waals surface area contributed by atoms with Gasteiger partial charge in [-0.05, 0) is 36.8 Å². The Bertz CT molecular complexity index is 767. The van der Waals surface area contributed by atoms with Crippen LogP contribution in [0.25, 0.3) is 6.08 Å². The van der Waals surface area contributed by atoms with Crippen LogP contribution in [-0.2, 0) is 16.2 Å². The van der Waals surface area contributed by atoms with E-state index in [1.807, 2.05) is 36.4 Å². The molecule has 2 rings (SSSR count). The van der Waals surface area contributed by atoms with E-state index in [0.717, 1.165) is 11.1 Å². The number of benzene rings is 1. The van der Waals surface area contributed by atoms with Gasteiger partial charge in [0, 0.05) is 29.6 Å². The van der Waals surface area contributed by atoms with E-state index in [0.29, 0.717) is 12.4 Å². The van der Waals surface area contributed by atoms with E-state index in [1.165, 1.54) is 13.0 Å². The van der Waals surface area contributed by atoms with E-state index in [9.17, 15) is 9.59 Å². The van der Waals surface area contributed by atoms with Crippen LogP contribution in [0.2, 0.25) is 0 Å². The molecular weight excluding hydrogens is 304 g/mol. The molecule has 0 bridgehead atoms. The third kappa shape index (κ3) is 5.21. The summed E-state index contributed by atoms with van der Waals surface area (Å²) in [6, 6.07) is 11.1. The number of hydrogen-bond acceptors (Lipinski definition) is 4. The minimum atomic E-state index is -0.507. The van der Waals surface area contributed by atoms with Gasteiger partial charge < -0.3 is 4.74 Å². The highest BCUT2D eigenvalue weighted by Gasteiger charge is 2.06. The van der Waals surface area contributed by atoms with E-state index >= 15 is 0 Å². The third-order valence-corrected chi connectivity index (χ3v) is 3.10. The molecule has 0 spiro atoms. The van der Waals surface area contributed by atoms with Crippen molar-refractivity contribution in [3.63, 3.8) is 0 Å². The first-order chi connectivity index (χ1) is 11.6. The van der Waals surface area contributed by atoms with Crippen molar-refractivity contribution in [3.8, 4) is 5.75 Å². The second kappa shape index (κ2) is 8.43. The van der Waals surface area contributed by atoms with Gasteiger partial charge >= 0.3 is 0 Å². The number of nitrogens with one attached hydrogen (secondary N) is 1. The fraction of sp³-hybridized carbons (Fsp3) is 0.105. The maximum Gasteiger partial charge on any atom is 0.253 e. The number of carbonyl (C=O) groups is 2. The maximum atomic E-state index is 11.7. The van der Waals surface area contributed by atoms with Crippen LogP contribution in [0.1, 0.15) is 18.1 Å². The van der Waals surface area contributed by atoms with Gasteiger partial charge in [-0.1, -0.05) is 24.8 Å². The van der Waals surface area contributed by atoms with Gasteiger partial charge in [0.05, 0.1) is 0 Å². The van der Waals surface area contributed by atoms with Gasteiger partial charge in [0.25, 0.3) is 11.8 Å². The lowest BCUT2D eigenvalue weighted by Crippen LogP contribution is -2.28. The molecule has 0 saturated heterocycles. The molecule has 5 nitrogen and oxygen atoms in total. The lowest BCUT2D eigenvalue weighted by molar-refractivity contribution is -0.125. The molecule has 0 aliphatic rings. The van der Waals surface area contributed by atoms with E-state index in [2.05, 4.69) is 16.9 Å². The minimum absolute atomic E-state index is 0.276. The van der Waals surface area contributed by atoms with E-state index in [1.54, 1.807) is 18.5 Å². The lowest BCUT2D eigenvalue weighted by atomic mass is 10.2. The average molecular weight is 322 g/mol. The normalized spacial score (nSPS) is 10.4. The minimum Gasteiger partial charge on any atom is -0.488 e. The van der Waals surface area contributed by atoms with E-state index in [-0.39, 0.29) is 5.57 Å². The smallest absolute Gasteiger partial charge is 0.253 e. The third-order valence-electron chi connectivity index (χ3n) is 3.10.